The Labute approximate surface area is 111 Å². The Morgan fingerprint density at radius 3 is 2.56 bits per heavy atom. The van der Waals surface area contributed by atoms with Gasteiger partial charge < -0.3 is 10.6 Å². The van der Waals surface area contributed by atoms with Gasteiger partial charge in [0.15, 0.2) is 0 Å². The average molecular weight is 247 g/mol. The van der Waals surface area contributed by atoms with Crippen LogP contribution < -0.4 is 5.73 Å². The lowest BCUT2D eigenvalue weighted by atomic mass is 10.0. The van der Waals surface area contributed by atoms with Crippen LogP contribution in [0.1, 0.15) is 31.9 Å². The van der Waals surface area contributed by atoms with Gasteiger partial charge in [0.2, 0.25) is 0 Å². The highest BCUT2D eigenvalue weighted by Crippen LogP contribution is 2.25. The normalized spacial score (nSPS) is 24.7. The largest absolute Gasteiger partial charge is 0.399 e. The number of likely N-dealkylation sites (N-methyl/N-ethyl adjacent to an activating group) is 1. The summed E-state index contributed by atoms with van der Waals surface area (Å²) < 4.78 is 0. The molecule has 2 rings (SSSR count). The first-order valence-corrected chi connectivity index (χ1v) is 6.87. The van der Waals surface area contributed by atoms with Crippen LogP contribution in [0.2, 0.25) is 0 Å². The van der Waals surface area contributed by atoms with Crippen LogP contribution >= 0.6 is 0 Å². The number of nitrogen functional groups attached to an aromatic ring is 1. The molecule has 18 heavy (non-hydrogen) atoms. The highest BCUT2D eigenvalue weighted by molar-refractivity contribution is 5.40. The molecule has 0 aromatic heterocycles. The standard InChI is InChI=1S/C15H25N3/c1-12-11-17(3)9-4-10-18(12)13(2)14-5-7-15(16)8-6-14/h5-8,12-13H,4,9-11,16H2,1-3H3. The van der Waals surface area contributed by atoms with Gasteiger partial charge in [0.1, 0.15) is 0 Å². The fourth-order valence-corrected chi connectivity index (χ4v) is 2.93. The van der Waals surface area contributed by atoms with Crippen LogP contribution in [0.4, 0.5) is 5.69 Å². The Hall–Kier alpha value is -1.06. The molecule has 1 fully saturated rings. The number of anilines is 1. The zero-order valence-electron chi connectivity index (χ0n) is 11.8. The molecule has 1 saturated heterocycles. The maximum absolute atomic E-state index is 5.76. The summed E-state index contributed by atoms with van der Waals surface area (Å²) in [7, 11) is 2.22. The van der Waals surface area contributed by atoms with Crippen molar-refractivity contribution >= 4 is 5.69 Å². The van der Waals surface area contributed by atoms with Crippen molar-refractivity contribution in [2.75, 3.05) is 32.4 Å². The lowest BCUT2D eigenvalue weighted by molar-refractivity contribution is 0.153. The molecule has 1 aliphatic rings. The quantitative estimate of drug-likeness (QED) is 0.814. The monoisotopic (exact) mass is 247 g/mol. The van der Waals surface area contributed by atoms with E-state index in [1.165, 1.54) is 25.1 Å². The summed E-state index contributed by atoms with van der Waals surface area (Å²) in [5.74, 6) is 0. The van der Waals surface area contributed by atoms with Crippen molar-refractivity contribution in [2.45, 2.75) is 32.4 Å². The van der Waals surface area contributed by atoms with E-state index in [2.05, 4.69) is 42.8 Å². The second kappa shape index (κ2) is 5.72. The highest BCUT2D eigenvalue weighted by atomic mass is 15.2. The Balaban J connectivity index is 2.11. The number of nitrogens with two attached hydrogens (primary N) is 1. The second-order valence-corrected chi connectivity index (χ2v) is 5.55. The van der Waals surface area contributed by atoms with Gasteiger partial charge in [0, 0.05) is 30.9 Å². The predicted octanol–water partition coefficient (Wildman–Crippen LogP) is 2.36. The minimum absolute atomic E-state index is 0.465. The molecule has 2 atom stereocenters. The molecule has 1 aromatic rings. The number of hydrogen-bond donors (Lipinski definition) is 1. The minimum atomic E-state index is 0.465. The van der Waals surface area contributed by atoms with E-state index in [0.29, 0.717) is 12.1 Å². The van der Waals surface area contributed by atoms with E-state index in [4.69, 9.17) is 5.73 Å². The lowest BCUT2D eigenvalue weighted by Gasteiger charge is -2.33. The summed E-state index contributed by atoms with van der Waals surface area (Å²) in [4.78, 5) is 5.04. The van der Waals surface area contributed by atoms with E-state index >= 15 is 0 Å². The van der Waals surface area contributed by atoms with E-state index in [-0.39, 0.29) is 0 Å². The van der Waals surface area contributed by atoms with Crippen LogP contribution in [0.3, 0.4) is 0 Å². The van der Waals surface area contributed by atoms with Crippen LogP contribution in [0.15, 0.2) is 24.3 Å². The summed E-state index contributed by atoms with van der Waals surface area (Å²) in [6, 6.07) is 9.38. The molecule has 0 spiro atoms. The minimum Gasteiger partial charge on any atom is -0.399 e. The molecule has 1 aliphatic heterocycles. The van der Waals surface area contributed by atoms with Crippen molar-refractivity contribution in [3.63, 3.8) is 0 Å². The molecule has 2 N–H and O–H groups in total. The van der Waals surface area contributed by atoms with E-state index in [0.717, 1.165) is 12.2 Å². The van der Waals surface area contributed by atoms with Gasteiger partial charge in [-0.2, -0.15) is 0 Å². The fraction of sp³-hybridized carbons (Fsp3) is 0.600. The Kier molecular flexibility index (Phi) is 4.25. The summed E-state index contributed by atoms with van der Waals surface area (Å²) >= 11 is 0. The van der Waals surface area contributed by atoms with Crippen molar-refractivity contribution in [1.29, 1.82) is 0 Å². The topological polar surface area (TPSA) is 32.5 Å². The van der Waals surface area contributed by atoms with Crippen molar-refractivity contribution in [2.24, 2.45) is 0 Å². The third-order valence-electron chi connectivity index (χ3n) is 4.01. The molecule has 0 amide bonds. The zero-order valence-corrected chi connectivity index (χ0v) is 11.8. The third-order valence-corrected chi connectivity index (χ3v) is 4.01. The molecule has 3 heteroatoms. The van der Waals surface area contributed by atoms with Crippen LogP contribution in [0.25, 0.3) is 0 Å². The Bertz CT molecular complexity index is 374. The molecule has 3 nitrogen and oxygen atoms in total. The van der Waals surface area contributed by atoms with Gasteiger partial charge in [-0.25, -0.2) is 0 Å². The molecule has 0 radical (unpaired) electrons. The van der Waals surface area contributed by atoms with Gasteiger partial charge in [0.25, 0.3) is 0 Å². The first kappa shape index (κ1) is 13.4. The van der Waals surface area contributed by atoms with Crippen LogP contribution in [0, 0.1) is 0 Å². The van der Waals surface area contributed by atoms with Gasteiger partial charge in [-0.1, -0.05) is 12.1 Å². The summed E-state index contributed by atoms with van der Waals surface area (Å²) in [6.45, 7) is 8.16. The molecule has 1 heterocycles. The maximum Gasteiger partial charge on any atom is 0.0323 e. The third kappa shape index (κ3) is 3.03. The van der Waals surface area contributed by atoms with Crippen LogP contribution in [0.5, 0.6) is 0 Å². The average Bonchev–Trinajstić information content (AvgIpc) is 2.50. The number of nitrogens with zero attached hydrogens (tertiary/aromatic N) is 2. The first-order valence-electron chi connectivity index (χ1n) is 6.87. The molecule has 0 saturated carbocycles. The van der Waals surface area contributed by atoms with E-state index < -0.39 is 0 Å². The highest BCUT2D eigenvalue weighted by Gasteiger charge is 2.24. The molecule has 100 valence electrons. The number of rotatable bonds is 2. The number of benzene rings is 1. The molecule has 2 unspecified atom stereocenters. The SMILES string of the molecule is CC1CN(C)CCCN1C(C)c1ccc(N)cc1. The van der Waals surface area contributed by atoms with E-state index in [1.807, 2.05) is 12.1 Å². The summed E-state index contributed by atoms with van der Waals surface area (Å²) in [6.07, 6.45) is 1.25. The predicted molar refractivity (Wildman–Crippen MR) is 77.6 cm³/mol. The van der Waals surface area contributed by atoms with Gasteiger partial charge >= 0.3 is 0 Å². The van der Waals surface area contributed by atoms with Gasteiger partial charge in [0.05, 0.1) is 0 Å². The first-order chi connectivity index (χ1) is 8.58. The van der Waals surface area contributed by atoms with Crippen LogP contribution in [-0.2, 0) is 0 Å². The van der Waals surface area contributed by atoms with E-state index in [1.54, 1.807) is 0 Å². The van der Waals surface area contributed by atoms with Crippen molar-refractivity contribution < 1.29 is 0 Å². The summed E-state index contributed by atoms with van der Waals surface area (Å²) in [5, 5.41) is 0. The maximum atomic E-state index is 5.76. The Morgan fingerprint density at radius 2 is 1.89 bits per heavy atom. The van der Waals surface area contributed by atoms with Crippen molar-refractivity contribution in [3.05, 3.63) is 29.8 Å². The Morgan fingerprint density at radius 1 is 1.22 bits per heavy atom. The van der Waals surface area contributed by atoms with Crippen molar-refractivity contribution in [1.82, 2.24) is 9.80 Å². The molecule has 1 aromatic carbocycles. The van der Waals surface area contributed by atoms with Gasteiger partial charge in [-0.05, 0) is 51.6 Å². The summed E-state index contributed by atoms with van der Waals surface area (Å²) in [5.41, 5.74) is 7.96. The van der Waals surface area contributed by atoms with Crippen molar-refractivity contribution in [3.8, 4) is 0 Å². The number of hydrogen-bond acceptors (Lipinski definition) is 3. The second-order valence-electron chi connectivity index (χ2n) is 5.55. The van der Waals surface area contributed by atoms with E-state index in [9.17, 15) is 0 Å². The molecule has 0 bridgehead atoms. The van der Waals surface area contributed by atoms with Gasteiger partial charge in [-0.15, -0.1) is 0 Å². The smallest absolute Gasteiger partial charge is 0.0323 e. The van der Waals surface area contributed by atoms with Crippen LogP contribution in [-0.4, -0.2) is 42.5 Å². The zero-order chi connectivity index (χ0) is 13.1. The molecular weight excluding hydrogens is 222 g/mol. The lowest BCUT2D eigenvalue weighted by Crippen LogP contribution is -2.39. The molecular formula is C15H25N3. The molecule has 0 aliphatic carbocycles. The fourth-order valence-electron chi connectivity index (χ4n) is 2.93. The van der Waals surface area contributed by atoms with Gasteiger partial charge in [-0.3, -0.25) is 4.90 Å².